The lowest BCUT2D eigenvalue weighted by molar-refractivity contribution is -0.142. The molecule has 1 N–H and O–H groups in total. The standard InChI is InChI=1S/C22H27NO8S/c1-15-8-19(28-3)9-16(2)22(15)32(26,27)23(6-7-29-13-21(24)25)11-17-4-5-18-12-30-14-31-20(18)10-17/h4-5,8-10H,6-7,11-14H2,1-3H3,(H,24,25). The Hall–Kier alpha value is -2.66. The molecule has 0 amide bonds. The monoisotopic (exact) mass is 465 g/mol. The van der Waals surface area contributed by atoms with Crippen LogP contribution >= 0.6 is 0 Å². The van der Waals surface area contributed by atoms with Crippen molar-refractivity contribution in [1.29, 1.82) is 0 Å². The second-order valence-electron chi connectivity index (χ2n) is 7.43. The van der Waals surface area contributed by atoms with Gasteiger partial charge in [0, 0.05) is 18.7 Å². The van der Waals surface area contributed by atoms with Crippen molar-refractivity contribution in [3.8, 4) is 11.5 Å². The average Bonchev–Trinajstić information content (AvgIpc) is 2.74. The molecule has 0 spiro atoms. The first-order chi connectivity index (χ1) is 15.2. The Morgan fingerprint density at radius 1 is 1.19 bits per heavy atom. The van der Waals surface area contributed by atoms with Gasteiger partial charge in [-0.05, 0) is 48.7 Å². The van der Waals surface area contributed by atoms with Crippen LogP contribution < -0.4 is 9.47 Å². The zero-order chi connectivity index (χ0) is 23.3. The van der Waals surface area contributed by atoms with Gasteiger partial charge in [-0.2, -0.15) is 4.31 Å². The lowest BCUT2D eigenvalue weighted by Gasteiger charge is -2.25. The summed E-state index contributed by atoms with van der Waals surface area (Å²) < 4.78 is 49.7. The minimum atomic E-state index is -3.92. The quantitative estimate of drug-likeness (QED) is 0.533. The highest BCUT2D eigenvalue weighted by Crippen LogP contribution is 2.30. The molecule has 1 heterocycles. The number of aliphatic carboxylic acids is 1. The molecule has 0 aromatic heterocycles. The lowest BCUT2D eigenvalue weighted by Crippen LogP contribution is -2.35. The number of carbonyl (C=O) groups is 1. The maximum Gasteiger partial charge on any atom is 0.329 e. The van der Waals surface area contributed by atoms with Gasteiger partial charge in [-0.1, -0.05) is 12.1 Å². The molecular formula is C22H27NO8S. The molecule has 1 aliphatic heterocycles. The largest absolute Gasteiger partial charge is 0.497 e. The molecule has 9 nitrogen and oxygen atoms in total. The molecule has 2 aromatic carbocycles. The number of hydrogen-bond acceptors (Lipinski definition) is 7. The Kier molecular flexibility index (Phi) is 7.73. The first kappa shape index (κ1) is 24.0. The van der Waals surface area contributed by atoms with E-state index in [-0.39, 0.29) is 31.4 Å². The number of nitrogens with zero attached hydrogens (tertiary/aromatic N) is 1. The summed E-state index contributed by atoms with van der Waals surface area (Å²) in [6.45, 7) is 3.51. The van der Waals surface area contributed by atoms with E-state index in [1.54, 1.807) is 32.0 Å². The second-order valence-corrected chi connectivity index (χ2v) is 9.30. The van der Waals surface area contributed by atoms with Crippen LogP contribution in [0.4, 0.5) is 0 Å². The van der Waals surface area contributed by atoms with Gasteiger partial charge in [-0.3, -0.25) is 0 Å². The third-order valence-corrected chi connectivity index (χ3v) is 7.18. The van der Waals surface area contributed by atoms with Crippen molar-refractivity contribution in [3.63, 3.8) is 0 Å². The van der Waals surface area contributed by atoms with E-state index in [0.717, 1.165) is 11.1 Å². The molecule has 0 bridgehead atoms. The van der Waals surface area contributed by atoms with Crippen molar-refractivity contribution in [2.75, 3.05) is 33.7 Å². The maximum atomic E-state index is 13.7. The Morgan fingerprint density at radius 3 is 2.56 bits per heavy atom. The predicted molar refractivity (Wildman–Crippen MR) is 115 cm³/mol. The average molecular weight is 466 g/mol. The molecule has 2 aromatic rings. The molecule has 0 aliphatic carbocycles. The van der Waals surface area contributed by atoms with E-state index in [1.807, 2.05) is 12.1 Å². The number of hydrogen-bond donors (Lipinski definition) is 1. The van der Waals surface area contributed by atoms with E-state index in [2.05, 4.69) is 0 Å². The lowest BCUT2D eigenvalue weighted by atomic mass is 10.1. The van der Waals surface area contributed by atoms with Crippen LogP contribution in [0.25, 0.3) is 0 Å². The molecular weight excluding hydrogens is 438 g/mol. The summed E-state index contributed by atoms with van der Waals surface area (Å²) in [4.78, 5) is 10.9. The van der Waals surface area contributed by atoms with E-state index >= 15 is 0 Å². The van der Waals surface area contributed by atoms with Crippen molar-refractivity contribution in [2.45, 2.75) is 31.9 Å². The van der Waals surface area contributed by atoms with E-state index < -0.39 is 22.6 Å². The Labute approximate surface area is 187 Å². The van der Waals surface area contributed by atoms with Gasteiger partial charge in [0.25, 0.3) is 0 Å². The van der Waals surface area contributed by atoms with Crippen LogP contribution in [0.3, 0.4) is 0 Å². The minimum Gasteiger partial charge on any atom is -0.497 e. The third-order valence-electron chi connectivity index (χ3n) is 5.02. The minimum absolute atomic E-state index is 0.0123. The molecule has 32 heavy (non-hydrogen) atoms. The number of aryl methyl sites for hydroxylation is 2. The zero-order valence-electron chi connectivity index (χ0n) is 18.3. The highest BCUT2D eigenvalue weighted by molar-refractivity contribution is 7.89. The molecule has 0 atom stereocenters. The SMILES string of the molecule is COc1cc(C)c(S(=O)(=O)N(CCOCC(=O)O)Cc2ccc3c(c2)OCOC3)c(C)c1. The van der Waals surface area contributed by atoms with Crippen molar-refractivity contribution in [3.05, 3.63) is 52.6 Å². The second kappa shape index (κ2) is 10.3. The van der Waals surface area contributed by atoms with Crippen LogP contribution in [0.5, 0.6) is 11.5 Å². The molecule has 3 rings (SSSR count). The van der Waals surface area contributed by atoms with Crippen LogP contribution in [0.15, 0.2) is 35.2 Å². The van der Waals surface area contributed by atoms with E-state index in [4.69, 9.17) is 24.1 Å². The smallest absolute Gasteiger partial charge is 0.329 e. The fraction of sp³-hybridized carbons (Fsp3) is 0.409. The van der Waals surface area contributed by atoms with Crippen LogP contribution in [0.1, 0.15) is 22.3 Å². The third kappa shape index (κ3) is 5.57. The van der Waals surface area contributed by atoms with Gasteiger partial charge in [0.05, 0.1) is 25.2 Å². The Bertz CT molecular complexity index is 1060. The molecule has 0 radical (unpaired) electrons. The fourth-order valence-corrected chi connectivity index (χ4v) is 5.41. The first-order valence-corrected chi connectivity index (χ1v) is 11.4. The highest BCUT2D eigenvalue weighted by atomic mass is 32.2. The molecule has 10 heteroatoms. The van der Waals surface area contributed by atoms with Crippen LogP contribution in [-0.4, -0.2) is 57.5 Å². The van der Waals surface area contributed by atoms with Gasteiger partial charge < -0.3 is 24.1 Å². The van der Waals surface area contributed by atoms with Crippen molar-refractivity contribution in [1.82, 2.24) is 4.31 Å². The predicted octanol–water partition coefficient (Wildman–Crippen LogP) is 2.47. The van der Waals surface area contributed by atoms with E-state index in [9.17, 15) is 13.2 Å². The van der Waals surface area contributed by atoms with E-state index in [0.29, 0.717) is 29.2 Å². The van der Waals surface area contributed by atoms with Gasteiger partial charge in [0.15, 0.2) is 6.79 Å². The summed E-state index contributed by atoms with van der Waals surface area (Å²) in [5.41, 5.74) is 2.74. The molecule has 1 aliphatic rings. The van der Waals surface area contributed by atoms with Gasteiger partial charge in [-0.15, -0.1) is 0 Å². The highest BCUT2D eigenvalue weighted by Gasteiger charge is 2.29. The number of carboxylic acids is 1. The van der Waals surface area contributed by atoms with Gasteiger partial charge in [-0.25, -0.2) is 13.2 Å². The summed E-state index contributed by atoms with van der Waals surface area (Å²) in [5, 5.41) is 8.79. The Balaban J connectivity index is 1.92. The summed E-state index contributed by atoms with van der Waals surface area (Å²) in [6.07, 6.45) is 0. The summed E-state index contributed by atoms with van der Waals surface area (Å²) in [5.74, 6) is 0.115. The first-order valence-electron chi connectivity index (χ1n) is 9.99. The van der Waals surface area contributed by atoms with Crippen molar-refractivity contribution in [2.24, 2.45) is 0 Å². The fourth-order valence-electron chi connectivity index (χ4n) is 3.59. The zero-order valence-corrected chi connectivity index (χ0v) is 19.1. The molecule has 0 fully saturated rings. The summed E-state index contributed by atoms with van der Waals surface area (Å²) in [6, 6.07) is 8.81. The van der Waals surface area contributed by atoms with E-state index in [1.165, 1.54) is 11.4 Å². The van der Waals surface area contributed by atoms with Crippen molar-refractivity contribution >= 4 is 16.0 Å². The summed E-state index contributed by atoms with van der Waals surface area (Å²) >= 11 is 0. The number of methoxy groups -OCH3 is 1. The van der Waals surface area contributed by atoms with Gasteiger partial charge in [0.1, 0.15) is 18.1 Å². The maximum absolute atomic E-state index is 13.7. The van der Waals surface area contributed by atoms with Gasteiger partial charge >= 0.3 is 5.97 Å². The Morgan fingerprint density at radius 2 is 1.91 bits per heavy atom. The molecule has 0 unspecified atom stereocenters. The topological polar surface area (TPSA) is 112 Å². The molecule has 0 saturated carbocycles. The normalized spacial score (nSPS) is 13.5. The number of benzene rings is 2. The van der Waals surface area contributed by atoms with Gasteiger partial charge in [0.2, 0.25) is 10.0 Å². The number of sulfonamides is 1. The molecule has 0 saturated heterocycles. The number of ether oxygens (including phenoxy) is 4. The van der Waals surface area contributed by atoms with Crippen LogP contribution in [0, 0.1) is 13.8 Å². The van der Waals surface area contributed by atoms with Crippen LogP contribution in [-0.2, 0) is 37.4 Å². The van der Waals surface area contributed by atoms with Crippen molar-refractivity contribution < 1.29 is 37.3 Å². The number of fused-ring (bicyclic) bond motifs is 1. The molecule has 174 valence electrons. The number of carboxylic acid groups (broad SMARTS) is 1. The summed E-state index contributed by atoms with van der Waals surface area (Å²) in [7, 11) is -2.40. The number of rotatable bonds is 10. The van der Waals surface area contributed by atoms with Crippen LogP contribution in [0.2, 0.25) is 0 Å².